The van der Waals surface area contributed by atoms with Gasteiger partial charge in [-0.05, 0) is 31.7 Å². The van der Waals surface area contributed by atoms with Gasteiger partial charge in [-0.2, -0.15) is 0 Å². The third-order valence-corrected chi connectivity index (χ3v) is 3.65. The Morgan fingerprint density at radius 2 is 2.05 bits per heavy atom. The van der Waals surface area contributed by atoms with E-state index in [0.29, 0.717) is 19.0 Å². The van der Waals surface area contributed by atoms with Crippen molar-refractivity contribution in [1.29, 1.82) is 0 Å². The first-order valence-corrected chi connectivity index (χ1v) is 6.71. The molecule has 1 aromatic rings. The van der Waals surface area contributed by atoms with E-state index in [0.717, 1.165) is 25.3 Å². The van der Waals surface area contributed by atoms with Gasteiger partial charge in [-0.25, -0.2) is 8.78 Å². The topological polar surface area (TPSA) is 66.6 Å². The average molecular weight is 284 g/mol. The molecule has 2 rings (SSSR count). The van der Waals surface area contributed by atoms with Crippen molar-refractivity contribution in [3.63, 3.8) is 0 Å². The second-order valence-corrected chi connectivity index (χ2v) is 5.01. The molecule has 1 aliphatic rings. The number of nitrogens with two attached hydrogens (primary N) is 1. The molecule has 4 nitrogen and oxygen atoms in total. The summed E-state index contributed by atoms with van der Waals surface area (Å²) in [4.78, 5) is 13.9. The zero-order valence-corrected chi connectivity index (χ0v) is 11.1. The van der Waals surface area contributed by atoms with Crippen LogP contribution in [0.1, 0.15) is 36.0 Å². The zero-order valence-electron chi connectivity index (χ0n) is 11.1. The van der Waals surface area contributed by atoms with Crippen LogP contribution < -0.4 is 5.73 Å². The average Bonchev–Trinajstić information content (AvgIpc) is 2.35. The second kappa shape index (κ2) is 6.17. The van der Waals surface area contributed by atoms with Crippen LogP contribution in [0, 0.1) is 11.6 Å². The van der Waals surface area contributed by atoms with Gasteiger partial charge in [-0.3, -0.25) is 4.79 Å². The SMILES string of the molecule is Nc1cc(C(=O)N(CCCO)C2CCC2)c(F)cc1F. The molecule has 0 spiro atoms. The monoisotopic (exact) mass is 284 g/mol. The lowest BCUT2D eigenvalue weighted by molar-refractivity contribution is 0.0558. The number of rotatable bonds is 5. The smallest absolute Gasteiger partial charge is 0.257 e. The molecule has 0 aliphatic heterocycles. The van der Waals surface area contributed by atoms with E-state index >= 15 is 0 Å². The number of aliphatic hydroxyl groups excluding tert-OH is 1. The largest absolute Gasteiger partial charge is 0.396 e. The Labute approximate surface area is 116 Å². The number of hydrogen-bond acceptors (Lipinski definition) is 3. The lowest BCUT2D eigenvalue weighted by atomic mass is 9.90. The maximum absolute atomic E-state index is 13.8. The minimum atomic E-state index is -0.907. The van der Waals surface area contributed by atoms with Gasteiger partial charge in [-0.1, -0.05) is 0 Å². The van der Waals surface area contributed by atoms with Crippen molar-refractivity contribution in [1.82, 2.24) is 4.90 Å². The molecule has 0 aromatic heterocycles. The van der Waals surface area contributed by atoms with Gasteiger partial charge in [0, 0.05) is 25.3 Å². The molecule has 3 N–H and O–H groups in total. The fraction of sp³-hybridized carbons (Fsp3) is 0.500. The Morgan fingerprint density at radius 1 is 1.35 bits per heavy atom. The Morgan fingerprint density at radius 3 is 2.60 bits per heavy atom. The summed E-state index contributed by atoms with van der Waals surface area (Å²) < 4.78 is 26.9. The molecule has 1 fully saturated rings. The van der Waals surface area contributed by atoms with Crippen LogP contribution in [0.4, 0.5) is 14.5 Å². The van der Waals surface area contributed by atoms with Crippen molar-refractivity contribution in [3.05, 3.63) is 29.3 Å². The maximum Gasteiger partial charge on any atom is 0.257 e. The molecular weight excluding hydrogens is 266 g/mol. The minimum Gasteiger partial charge on any atom is -0.396 e. The summed E-state index contributed by atoms with van der Waals surface area (Å²) in [5, 5.41) is 8.89. The van der Waals surface area contributed by atoms with Crippen molar-refractivity contribution in [3.8, 4) is 0 Å². The van der Waals surface area contributed by atoms with Gasteiger partial charge in [0.1, 0.15) is 11.6 Å². The number of anilines is 1. The molecule has 1 amide bonds. The van der Waals surface area contributed by atoms with E-state index in [2.05, 4.69) is 0 Å². The molecule has 0 radical (unpaired) electrons. The predicted octanol–water partition coefficient (Wildman–Crippen LogP) is 1.92. The first-order valence-electron chi connectivity index (χ1n) is 6.71. The number of nitrogen functional groups attached to an aromatic ring is 1. The zero-order chi connectivity index (χ0) is 14.7. The molecule has 110 valence electrons. The van der Waals surface area contributed by atoms with Crippen LogP contribution in [-0.2, 0) is 0 Å². The summed E-state index contributed by atoms with van der Waals surface area (Å²) in [6, 6.07) is 1.74. The van der Waals surface area contributed by atoms with Crippen LogP contribution in [0.25, 0.3) is 0 Å². The molecular formula is C14H18F2N2O2. The molecule has 0 saturated heterocycles. The first-order chi connectivity index (χ1) is 9.54. The highest BCUT2D eigenvalue weighted by Gasteiger charge is 2.30. The highest BCUT2D eigenvalue weighted by Crippen LogP contribution is 2.27. The Hall–Kier alpha value is -1.69. The third-order valence-electron chi connectivity index (χ3n) is 3.65. The fourth-order valence-electron chi connectivity index (χ4n) is 2.27. The van der Waals surface area contributed by atoms with Crippen LogP contribution in [0.2, 0.25) is 0 Å². The molecule has 0 atom stereocenters. The van der Waals surface area contributed by atoms with Gasteiger partial charge in [-0.15, -0.1) is 0 Å². The number of hydrogen-bond donors (Lipinski definition) is 2. The molecule has 0 unspecified atom stereocenters. The minimum absolute atomic E-state index is 0.0372. The summed E-state index contributed by atoms with van der Waals surface area (Å²) in [6.07, 6.45) is 3.20. The number of carbonyl (C=O) groups excluding carboxylic acids is 1. The van der Waals surface area contributed by atoms with E-state index in [1.54, 1.807) is 4.90 Å². The van der Waals surface area contributed by atoms with Crippen molar-refractivity contribution in [2.75, 3.05) is 18.9 Å². The van der Waals surface area contributed by atoms with Gasteiger partial charge in [0.2, 0.25) is 0 Å². The van der Waals surface area contributed by atoms with Crippen LogP contribution >= 0.6 is 0 Å². The van der Waals surface area contributed by atoms with Gasteiger partial charge < -0.3 is 15.7 Å². The van der Waals surface area contributed by atoms with E-state index in [1.807, 2.05) is 0 Å². The summed E-state index contributed by atoms with van der Waals surface area (Å²) in [5.41, 5.74) is 4.94. The summed E-state index contributed by atoms with van der Waals surface area (Å²) in [6.45, 7) is 0.321. The van der Waals surface area contributed by atoms with Crippen LogP contribution in [0.15, 0.2) is 12.1 Å². The predicted molar refractivity (Wildman–Crippen MR) is 71.1 cm³/mol. The van der Waals surface area contributed by atoms with Crippen LogP contribution in [0.5, 0.6) is 0 Å². The maximum atomic E-state index is 13.8. The summed E-state index contributed by atoms with van der Waals surface area (Å²) in [7, 11) is 0. The van der Waals surface area contributed by atoms with Gasteiger partial charge in [0.25, 0.3) is 5.91 Å². The first kappa shape index (κ1) is 14.7. The Balaban J connectivity index is 2.24. The van der Waals surface area contributed by atoms with E-state index in [9.17, 15) is 13.6 Å². The van der Waals surface area contributed by atoms with E-state index in [1.165, 1.54) is 0 Å². The molecule has 0 heterocycles. The fourth-order valence-corrected chi connectivity index (χ4v) is 2.27. The number of benzene rings is 1. The summed E-state index contributed by atoms with van der Waals surface area (Å²) >= 11 is 0. The van der Waals surface area contributed by atoms with Crippen molar-refractivity contribution < 1.29 is 18.7 Å². The summed E-state index contributed by atoms with van der Waals surface area (Å²) in [5.74, 6) is -2.27. The highest BCUT2D eigenvalue weighted by atomic mass is 19.1. The van der Waals surface area contributed by atoms with Crippen LogP contribution in [-0.4, -0.2) is 35.1 Å². The standard InChI is InChI=1S/C14H18F2N2O2/c15-11-8-12(16)13(17)7-10(11)14(20)18(5-2-6-19)9-3-1-4-9/h7-9,19H,1-6,17H2. The normalized spacial score (nSPS) is 14.9. The number of halogens is 2. The molecule has 1 aliphatic carbocycles. The lowest BCUT2D eigenvalue weighted by Gasteiger charge is -2.37. The van der Waals surface area contributed by atoms with E-state index in [4.69, 9.17) is 10.8 Å². The lowest BCUT2D eigenvalue weighted by Crippen LogP contribution is -2.45. The van der Waals surface area contributed by atoms with Gasteiger partial charge >= 0.3 is 0 Å². The van der Waals surface area contributed by atoms with Crippen molar-refractivity contribution >= 4 is 11.6 Å². The third kappa shape index (κ3) is 2.90. The molecule has 1 saturated carbocycles. The number of carbonyl (C=O) groups is 1. The highest BCUT2D eigenvalue weighted by molar-refractivity contribution is 5.95. The number of nitrogens with zero attached hydrogens (tertiary/aromatic N) is 1. The van der Waals surface area contributed by atoms with Gasteiger partial charge in [0.15, 0.2) is 0 Å². The van der Waals surface area contributed by atoms with E-state index in [-0.39, 0.29) is 23.9 Å². The second-order valence-electron chi connectivity index (χ2n) is 5.01. The van der Waals surface area contributed by atoms with Gasteiger partial charge in [0.05, 0.1) is 11.3 Å². The Bertz CT molecular complexity index is 504. The molecule has 6 heteroatoms. The number of amides is 1. The van der Waals surface area contributed by atoms with Crippen molar-refractivity contribution in [2.45, 2.75) is 31.7 Å². The van der Waals surface area contributed by atoms with Crippen molar-refractivity contribution in [2.24, 2.45) is 0 Å². The molecule has 20 heavy (non-hydrogen) atoms. The molecule has 1 aromatic carbocycles. The number of aliphatic hydroxyl groups is 1. The quantitative estimate of drug-likeness (QED) is 0.812. The van der Waals surface area contributed by atoms with E-state index < -0.39 is 17.5 Å². The molecule has 0 bridgehead atoms. The van der Waals surface area contributed by atoms with Crippen LogP contribution in [0.3, 0.4) is 0 Å². The Kier molecular flexibility index (Phi) is 4.54.